The summed E-state index contributed by atoms with van der Waals surface area (Å²) in [4.78, 5) is 12.7. The first kappa shape index (κ1) is 19.1. The lowest BCUT2D eigenvalue weighted by Gasteiger charge is -2.11. The minimum absolute atomic E-state index is 0.199. The van der Waals surface area contributed by atoms with Gasteiger partial charge in [0.25, 0.3) is 5.56 Å². The molecular weight excluding hydrogens is 415 g/mol. The number of hydrogen-bond donors (Lipinski definition) is 0. The zero-order valence-electron chi connectivity index (χ0n) is 16.1. The van der Waals surface area contributed by atoms with E-state index in [-0.39, 0.29) is 17.3 Å². The Kier molecular flexibility index (Phi) is 5.01. The third kappa shape index (κ3) is 3.71. The van der Waals surface area contributed by atoms with Crippen LogP contribution in [0.15, 0.2) is 88.8 Å². The molecule has 31 heavy (non-hydrogen) atoms. The van der Waals surface area contributed by atoms with Gasteiger partial charge in [0.1, 0.15) is 11.3 Å². The van der Waals surface area contributed by atoms with Crippen molar-refractivity contribution in [3.05, 3.63) is 95.0 Å². The Bertz CT molecular complexity index is 1420. The Morgan fingerprint density at radius 2 is 1.58 bits per heavy atom. The second-order valence-electron chi connectivity index (χ2n) is 6.67. The van der Waals surface area contributed by atoms with E-state index in [0.717, 1.165) is 5.56 Å². The Labute approximate surface area is 180 Å². The van der Waals surface area contributed by atoms with E-state index < -0.39 is 0 Å². The first-order valence-electron chi connectivity index (χ1n) is 9.43. The summed E-state index contributed by atoms with van der Waals surface area (Å²) in [6.07, 6.45) is 0. The van der Waals surface area contributed by atoms with Gasteiger partial charge in [0.15, 0.2) is 11.0 Å². The second-order valence-corrected chi connectivity index (χ2v) is 7.58. The molecule has 0 saturated heterocycles. The average molecular weight is 430 g/mol. The molecule has 0 amide bonds. The Balaban J connectivity index is 1.54. The maximum atomic E-state index is 13.5. The van der Waals surface area contributed by atoms with Gasteiger partial charge in [-0.15, -0.1) is 15.3 Å². The number of aromatic nitrogens is 6. The van der Waals surface area contributed by atoms with Crippen LogP contribution >= 0.6 is 11.8 Å². The van der Waals surface area contributed by atoms with Crippen molar-refractivity contribution in [3.63, 3.8) is 0 Å². The predicted octanol–water partition coefficient (Wildman–Crippen LogP) is 3.93. The molecule has 152 valence electrons. The van der Waals surface area contributed by atoms with Crippen LogP contribution in [-0.2, 0) is 5.88 Å². The van der Waals surface area contributed by atoms with Gasteiger partial charge in [0, 0.05) is 11.3 Å². The van der Waals surface area contributed by atoms with E-state index in [1.54, 1.807) is 30.3 Å². The molecule has 2 aromatic heterocycles. The maximum absolute atomic E-state index is 13.5. The van der Waals surface area contributed by atoms with Crippen molar-refractivity contribution in [1.29, 1.82) is 0 Å². The molecule has 0 atom stereocenters. The Hall–Kier alpha value is -3.85. The van der Waals surface area contributed by atoms with Crippen LogP contribution in [0, 0.1) is 5.82 Å². The summed E-state index contributed by atoms with van der Waals surface area (Å²) >= 11 is 1.29. The number of hydrogen-bond acceptors (Lipinski definition) is 6. The smallest absolute Gasteiger partial charge is 0.270 e. The largest absolute Gasteiger partial charge is 0.278 e. The molecule has 0 aliphatic carbocycles. The number of thioether (sulfide) groups is 1. The Morgan fingerprint density at radius 1 is 0.839 bits per heavy atom. The van der Waals surface area contributed by atoms with Gasteiger partial charge in [0.05, 0.1) is 11.3 Å². The fourth-order valence-electron chi connectivity index (χ4n) is 3.19. The summed E-state index contributed by atoms with van der Waals surface area (Å²) in [6, 6.07) is 22.8. The molecule has 2 heterocycles. The number of fused-ring (bicyclic) bond motifs is 1. The summed E-state index contributed by atoms with van der Waals surface area (Å²) < 4.78 is 16.6. The number of halogens is 1. The summed E-state index contributed by atoms with van der Waals surface area (Å²) in [5.74, 6) is 0.488. The van der Waals surface area contributed by atoms with Crippen molar-refractivity contribution in [2.45, 2.75) is 11.0 Å². The molecule has 0 aliphatic heterocycles. The van der Waals surface area contributed by atoms with Crippen LogP contribution in [0.5, 0.6) is 0 Å². The van der Waals surface area contributed by atoms with Crippen molar-refractivity contribution < 1.29 is 4.39 Å². The maximum Gasteiger partial charge on any atom is 0.278 e. The lowest BCUT2D eigenvalue weighted by molar-refractivity contribution is 0.627. The van der Waals surface area contributed by atoms with E-state index in [1.165, 1.54) is 28.6 Å². The molecule has 5 rings (SSSR count). The molecule has 5 aromatic rings. The van der Waals surface area contributed by atoms with Gasteiger partial charge in [0.2, 0.25) is 0 Å². The molecule has 0 bridgehead atoms. The number of rotatable bonds is 5. The first-order valence-corrected chi connectivity index (χ1v) is 10.4. The van der Waals surface area contributed by atoms with Gasteiger partial charge < -0.3 is 0 Å². The second kappa shape index (κ2) is 8.11. The SMILES string of the molecule is O=c1c2ccccc2nnn1CSc1nnc(-c2ccccc2)n1-c1ccc(F)cc1. The zero-order chi connectivity index (χ0) is 21.2. The van der Waals surface area contributed by atoms with E-state index in [1.807, 2.05) is 41.0 Å². The van der Waals surface area contributed by atoms with E-state index in [0.29, 0.717) is 27.6 Å². The van der Waals surface area contributed by atoms with Crippen LogP contribution in [-0.4, -0.2) is 29.8 Å². The van der Waals surface area contributed by atoms with Crippen LogP contribution in [0.4, 0.5) is 4.39 Å². The van der Waals surface area contributed by atoms with Gasteiger partial charge in [-0.2, -0.15) is 4.68 Å². The van der Waals surface area contributed by atoms with Gasteiger partial charge in [-0.25, -0.2) is 4.39 Å². The number of nitrogens with zero attached hydrogens (tertiary/aromatic N) is 6. The van der Waals surface area contributed by atoms with Gasteiger partial charge in [-0.05, 0) is 36.4 Å². The summed E-state index contributed by atoms with van der Waals surface area (Å²) in [6.45, 7) is 0. The molecular formula is C22H15FN6OS. The minimum Gasteiger partial charge on any atom is -0.270 e. The van der Waals surface area contributed by atoms with Crippen molar-refractivity contribution in [2.75, 3.05) is 0 Å². The molecule has 9 heteroatoms. The third-order valence-corrected chi connectivity index (χ3v) is 5.59. The predicted molar refractivity (Wildman–Crippen MR) is 116 cm³/mol. The van der Waals surface area contributed by atoms with E-state index in [4.69, 9.17) is 0 Å². The van der Waals surface area contributed by atoms with Crippen molar-refractivity contribution in [3.8, 4) is 17.1 Å². The molecule has 0 spiro atoms. The minimum atomic E-state index is -0.328. The van der Waals surface area contributed by atoms with Gasteiger partial charge in [-0.3, -0.25) is 9.36 Å². The molecule has 0 unspecified atom stereocenters. The fourth-order valence-corrected chi connectivity index (χ4v) is 4.01. The highest BCUT2D eigenvalue weighted by molar-refractivity contribution is 7.98. The molecule has 0 saturated carbocycles. The highest BCUT2D eigenvalue weighted by atomic mass is 32.2. The number of benzene rings is 3. The molecule has 0 radical (unpaired) electrons. The quantitative estimate of drug-likeness (QED) is 0.393. The van der Waals surface area contributed by atoms with Crippen LogP contribution < -0.4 is 5.56 Å². The van der Waals surface area contributed by atoms with Crippen LogP contribution in [0.25, 0.3) is 28.0 Å². The van der Waals surface area contributed by atoms with Crippen molar-refractivity contribution in [1.82, 2.24) is 29.8 Å². The monoisotopic (exact) mass is 430 g/mol. The van der Waals surface area contributed by atoms with Crippen LogP contribution in [0.2, 0.25) is 0 Å². The Morgan fingerprint density at radius 3 is 2.39 bits per heavy atom. The molecule has 3 aromatic carbocycles. The lowest BCUT2D eigenvalue weighted by atomic mass is 10.2. The summed E-state index contributed by atoms with van der Waals surface area (Å²) in [5, 5.41) is 17.9. The van der Waals surface area contributed by atoms with Crippen molar-refractivity contribution in [2.24, 2.45) is 0 Å². The van der Waals surface area contributed by atoms with E-state index in [9.17, 15) is 9.18 Å². The summed E-state index contributed by atoms with van der Waals surface area (Å²) in [5.41, 5.74) is 1.90. The van der Waals surface area contributed by atoms with E-state index in [2.05, 4.69) is 20.5 Å². The van der Waals surface area contributed by atoms with E-state index >= 15 is 0 Å². The molecule has 0 N–H and O–H groups in total. The van der Waals surface area contributed by atoms with Crippen molar-refractivity contribution >= 4 is 22.7 Å². The normalized spacial score (nSPS) is 11.1. The average Bonchev–Trinajstić information content (AvgIpc) is 3.24. The standard InChI is InChI=1S/C22H15FN6OS/c23-16-10-12-17(13-11-16)29-20(15-6-2-1-3-7-15)25-26-22(29)31-14-28-21(30)18-8-4-5-9-19(18)24-27-28/h1-13H,14H2. The third-order valence-electron chi connectivity index (χ3n) is 4.70. The van der Waals surface area contributed by atoms with Crippen LogP contribution in [0.3, 0.4) is 0 Å². The van der Waals surface area contributed by atoms with Gasteiger partial charge >= 0.3 is 0 Å². The molecule has 0 aliphatic rings. The zero-order valence-corrected chi connectivity index (χ0v) is 16.9. The lowest BCUT2D eigenvalue weighted by Crippen LogP contribution is -2.23. The highest BCUT2D eigenvalue weighted by Crippen LogP contribution is 2.28. The topological polar surface area (TPSA) is 78.5 Å². The van der Waals surface area contributed by atoms with Crippen LogP contribution in [0.1, 0.15) is 0 Å². The first-order chi connectivity index (χ1) is 15.2. The van der Waals surface area contributed by atoms with Gasteiger partial charge in [-0.1, -0.05) is 59.4 Å². The fraction of sp³-hybridized carbons (Fsp3) is 0.0455. The highest BCUT2D eigenvalue weighted by Gasteiger charge is 2.17. The molecule has 7 nitrogen and oxygen atoms in total. The molecule has 0 fully saturated rings. The summed E-state index contributed by atoms with van der Waals surface area (Å²) in [7, 11) is 0.